The molecule has 2 atom stereocenters. The van der Waals surface area contributed by atoms with Crippen LogP contribution in [0.4, 0.5) is 0 Å². The van der Waals surface area contributed by atoms with E-state index in [0.717, 1.165) is 10.9 Å². The average Bonchev–Trinajstić information content (AvgIpc) is 2.77. The first-order chi connectivity index (χ1) is 6.77. The molecule has 1 saturated heterocycles. The fraction of sp³-hybridized carbons (Fsp3) is 0.600. The second-order valence-electron chi connectivity index (χ2n) is 3.51. The van der Waals surface area contributed by atoms with Crippen LogP contribution in [0.1, 0.15) is 17.7 Å². The average molecular weight is 293 g/mol. The Bertz CT molecular complexity index is 294. The molecule has 0 amide bonds. The summed E-state index contributed by atoms with van der Waals surface area (Å²) in [5.74, 6) is 1.22. The lowest BCUT2D eigenvalue weighted by Gasteiger charge is -2.16. The lowest BCUT2D eigenvalue weighted by Crippen LogP contribution is -2.22. The maximum absolute atomic E-state index is 10.0. The van der Waals surface area contributed by atoms with Crippen molar-refractivity contribution >= 4 is 39.0 Å². The van der Waals surface area contributed by atoms with E-state index >= 15 is 0 Å². The molecule has 4 heteroatoms. The molecule has 0 saturated carbocycles. The van der Waals surface area contributed by atoms with Crippen LogP contribution in [-0.2, 0) is 6.42 Å². The number of hydrogen-bond acceptors (Lipinski definition) is 3. The predicted octanol–water partition coefficient (Wildman–Crippen LogP) is 3.31. The van der Waals surface area contributed by atoms with Crippen LogP contribution in [0, 0.1) is 0 Å². The third-order valence-corrected chi connectivity index (χ3v) is 5.93. The van der Waals surface area contributed by atoms with Gasteiger partial charge in [-0.05, 0) is 46.0 Å². The van der Waals surface area contributed by atoms with Gasteiger partial charge in [0.05, 0.1) is 6.10 Å². The van der Waals surface area contributed by atoms with E-state index in [4.69, 9.17) is 0 Å². The van der Waals surface area contributed by atoms with Gasteiger partial charge in [-0.15, -0.1) is 11.3 Å². The normalized spacial score (nSPS) is 24.0. The predicted molar refractivity (Wildman–Crippen MR) is 67.2 cm³/mol. The molecule has 1 N–H and O–H groups in total. The van der Waals surface area contributed by atoms with Crippen LogP contribution >= 0.6 is 39.0 Å². The fourth-order valence-corrected chi connectivity index (χ4v) is 4.55. The number of thioether (sulfide) groups is 1. The second kappa shape index (κ2) is 5.01. The summed E-state index contributed by atoms with van der Waals surface area (Å²) in [4.78, 5) is 1.27. The zero-order valence-corrected chi connectivity index (χ0v) is 11.0. The standard InChI is InChI=1S/C10H13BrOS2/c11-7-3-5-14-10(7)6-8(12)9-2-1-4-13-9/h3,5,8-9,12H,1-2,4,6H2. The van der Waals surface area contributed by atoms with Gasteiger partial charge in [0.1, 0.15) is 0 Å². The monoisotopic (exact) mass is 292 g/mol. The topological polar surface area (TPSA) is 20.2 Å². The van der Waals surface area contributed by atoms with Crippen molar-refractivity contribution in [3.05, 3.63) is 20.8 Å². The zero-order valence-electron chi connectivity index (χ0n) is 7.78. The van der Waals surface area contributed by atoms with Gasteiger partial charge in [-0.2, -0.15) is 11.8 Å². The Labute approximate surface area is 101 Å². The Hall–Kier alpha value is 0.490. The highest BCUT2D eigenvalue weighted by atomic mass is 79.9. The summed E-state index contributed by atoms with van der Waals surface area (Å²) in [7, 11) is 0. The van der Waals surface area contributed by atoms with Crippen molar-refractivity contribution < 1.29 is 5.11 Å². The number of halogens is 1. The third kappa shape index (κ3) is 2.54. The summed E-state index contributed by atoms with van der Waals surface area (Å²) in [6.07, 6.45) is 3.07. The second-order valence-corrected chi connectivity index (χ2v) is 6.72. The highest BCUT2D eigenvalue weighted by Crippen LogP contribution is 2.32. The van der Waals surface area contributed by atoms with Gasteiger partial charge >= 0.3 is 0 Å². The third-order valence-electron chi connectivity index (χ3n) is 2.48. The van der Waals surface area contributed by atoms with Crippen LogP contribution in [0.5, 0.6) is 0 Å². The highest BCUT2D eigenvalue weighted by molar-refractivity contribution is 9.10. The molecule has 1 aromatic rings. The molecule has 2 heterocycles. The van der Waals surface area contributed by atoms with E-state index in [1.807, 2.05) is 11.8 Å². The molecule has 0 spiro atoms. The summed E-state index contributed by atoms with van der Waals surface area (Å²) in [6, 6.07) is 2.05. The van der Waals surface area contributed by atoms with Crippen molar-refractivity contribution in [1.29, 1.82) is 0 Å². The van der Waals surface area contributed by atoms with Gasteiger partial charge in [0, 0.05) is 21.0 Å². The first-order valence-electron chi connectivity index (χ1n) is 4.79. The Morgan fingerprint density at radius 3 is 3.07 bits per heavy atom. The van der Waals surface area contributed by atoms with E-state index < -0.39 is 0 Å². The zero-order chi connectivity index (χ0) is 9.97. The summed E-state index contributed by atoms with van der Waals surface area (Å²) >= 11 is 7.13. The van der Waals surface area contributed by atoms with Crippen LogP contribution in [0.25, 0.3) is 0 Å². The number of thiophene rings is 1. The van der Waals surface area contributed by atoms with Gasteiger partial charge in [-0.25, -0.2) is 0 Å². The minimum atomic E-state index is -0.169. The van der Waals surface area contributed by atoms with E-state index in [1.54, 1.807) is 11.3 Å². The van der Waals surface area contributed by atoms with Crippen molar-refractivity contribution in [2.24, 2.45) is 0 Å². The molecule has 2 unspecified atom stereocenters. The fourth-order valence-electron chi connectivity index (χ4n) is 1.70. The Morgan fingerprint density at radius 2 is 2.50 bits per heavy atom. The molecule has 14 heavy (non-hydrogen) atoms. The van der Waals surface area contributed by atoms with E-state index in [-0.39, 0.29) is 6.10 Å². The highest BCUT2D eigenvalue weighted by Gasteiger charge is 2.24. The summed E-state index contributed by atoms with van der Waals surface area (Å²) < 4.78 is 1.14. The molecular formula is C10H13BrOS2. The minimum Gasteiger partial charge on any atom is -0.392 e. The lowest BCUT2D eigenvalue weighted by molar-refractivity contribution is 0.171. The number of aliphatic hydroxyl groups is 1. The molecule has 1 fully saturated rings. The first kappa shape index (κ1) is 11.0. The van der Waals surface area contributed by atoms with Crippen LogP contribution in [0.3, 0.4) is 0 Å². The van der Waals surface area contributed by atoms with E-state index in [2.05, 4.69) is 27.4 Å². The van der Waals surface area contributed by atoms with Crippen LogP contribution in [-0.4, -0.2) is 22.2 Å². The van der Waals surface area contributed by atoms with Crippen LogP contribution < -0.4 is 0 Å². The van der Waals surface area contributed by atoms with E-state index in [9.17, 15) is 5.11 Å². The van der Waals surface area contributed by atoms with Crippen LogP contribution in [0.15, 0.2) is 15.9 Å². The molecule has 0 aliphatic carbocycles. The van der Waals surface area contributed by atoms with Crippen molar-refractivity contribution in [1.82, 2.24) is 0 Å². The van der Waals surface area contributed by atoms with Gasteiger partial charge in [0.25, 0.3) is 0 Å². The first-order valence-corrected chi connectivity index (χ1v) is 7.51. The van der Waals surface area contributed by atoms with E-state index in [0.29, 0.717) is 5.25 Å². The van der Waals surface area contributed by atoms with E-state index in [1.165, 1.54) is 23.5 Å². The van der Waals surface area contributed by atoms with Gasteiger partial charge in [0.15, 0.2) is 0 Å². The Morgan fingerprint density at radius 1 is 1.64 bits per heavy atom. The molecule has 1 aromatic heterocycles. The van der Waals surface area contributed by atoms with Crippen molar-refractivity contribution in [3.8, 4) is 0 Å². The van der Waals surface area contributed by atoms with Crippen molar-refractivity contribution in [2.45, 2.75) is 30.6 Å². The van der Waals surface area contributed by atoms with Gasteiger partial charge in [-0.3, -0.25) is 0 Å². The lowest BCUT2D eigenvalue weighted by atomic mass is 10.1. The Kier molecular flexibility index (Phi) is 3.93. The molecule has 0 bridgehead atoms. The number of rotatable bonds is 3. The van der Waals surface area contributed by atoms with Crippen molar-refractivity contribution in [2.75, 3.05) is 5.75 Å². The van der Waals surface area contributed by atoms with Gasteiger partial charge in [0.2, 0.25) is 0 Å². The summed E-state index contributed by atoms with van der Waals surface area (Å²) in [5.41, 5.74) is 0. The van der Waals surface area contributed by atoms with Crippen LogP contribution in [0.2, 0.25) is 0 Å². The summed E-state index contributed by atoms with van der Waals surface area (Å²) in [5, 5.41) is 12.5. The maximum Gasteiger partial charge on any atom is 0.0707 e. The molecule has 78 valence electrons. The van der Waals surface area contributed by atoms with Crippen molar-refractivity contribution in [3.63, 3.8) is 0 Å². The molecule has 0 aromatic carbocycles. The number of aliphatic hydroxyl groups excluding tert-OH is 1. The Balaban J connectivity index is 1.93. The minimum absolute atomic E-state index is 0.169. The van der Waals surface area contributed by atoms with Gasteiger partial charge < -0.3 is 5.11 Å². The molecule has 0 radical (unpaired) electrons. The van der Waals surface area contributed by atoms with Gasteiger partial charge in [-0.1, -0.05) is 0 Å². The molecular weight excluding hydrogens is 280 g/mol. The smallest absolute Gasteiger partial charge is 0.0707 e. The molecule has 1 aliphatic rings. The number of hydrogen-bond donors (Lipinski definition) is 1. The molecule has 1 nitrogen and oxygen atoms in total. The SMILES string of the molecule is OC(Cc1sccc1Br)C1CCCS1. The molecule has 1 aliphatic heterocycles. The molecule has 2 rings (SSSR count). The summed E-state index contributed by atoms with van der Waals surface area (Å²) in [6.45, 7) is 0. The largest absolute Gasteiger partial charge is 0.392 e. The maximum atomic E-state index is 10.0. The quantitative estimate of drug-likeness (QED) is 0.922.